The molecule has 22 heavy (non-hydrogen) atoms. The summed E-state index contributed by atoms with van der Waals surface area (Å²) in [6.45, 7) is 0. The van der Waals surface area contributed by atoms with E-state index in [0.29, 0.717) is 10.7 Å². The third-order valence-corrected chi connectivity index (χ3v) is 5.18. The number of fused-ring (bicyclic) bond motifs is 5. The molecule has 0 saturated carbocycles. The maximum absolute atomic E-state index is 6.34. The molecule has 0 fully saturated rings. The number of hydrogen-bond donors (Lipinski definition) is 1. The minimum Gasteiger partial charge on any atom is -1.00 e. The molecule has 0 unspecified atom stereocenters. The molecule has 2 aromatic heterocycles. The molecule has 4 rings (SSSR count). The minimum absolute atomic E-state index is 0. The van der Waals surface area contributed by atoms with Crippen LogP contribution in [0.4, 0.5) is 5.69 Å². The summed E-state index contributed by atoms with van der Waals surface area (Å²) in [5, 5.41) is 1.56. The van der Waals surface area contributed by atoms with Crippen LogP contribution < -0.4 is 27.3 Å². The number of nitrogen functional groups attached to an aromatic ring is 1. The number of rotatable bonds is 1. The topological polar surface area (TPSA) is 39.4 Å². The number of aromatic nitrogens is 1. The molecule has 0 amide bonds. The number of halogens is 2. The quantitative estimate of drug-likeness (QED) is 0.411. The van der Waals surface area contributed by atoms with Gasteiger partial charge in [-0.3, -0.25) is 0 Å². The molecule has 0 spiro atoms. The molecule has 0 aliphatic rings. The van der Waals surface area contributed by atoms with Crippen LogP contribution in [0.3, 0.4) is 0 Å². The van der Waals surface area contributed by atoms with E-state index in [9.17, 15) is 0 Å². The second-order valence-corrected chi connectivity index (χ2v) is 6.28. The van der Waals surface area contributed by atoms with Crippen LogP contribution in [0.1, 0.15) is 0 Å². The van der Waals surface area contributed by atoms with E-state index in [1.54, 1.807) is 18.4 Å². The van der Waals surface area contributed by atoms with E-state index in [1.807, 2.05) is 30.3 Å². The molecular weight excluding hydrogens is 339 g/mol. The van der Waals surface area contributed by atoms with Crippen LogP contribution in [0.2, 0.25) is 5.02 Å². The summed E-state index contributed by atoms with van der Waals surface area (Å²) < 4.78 is 8.74. The van der Waals surface area contributed by atoms with E-state index in [2.05, 4.69) is 16.5 Å². The number of anilines is 1. The van der Waals surface area contributed by atoms with Crippen molar-refractivity contribution in [2.45, 2.75) is 0 Å². The van der Waals surface area contributed by atoms with Crippen LogP contribution in [0.25, 0.3) is 25.9 Å². The maximum Gasteiger partial charge on any atom is 0.268 e. The summed E-state index contributed by atoms with van der Waals surface area (Å²) in [6, 6.07) is 14.1. The van der Waals surface area contributed by atoms with Gasteiger partial charge in [0.2, 0.25) is 11.0 Å². The molecule has 4 aromatic rings. The molecule has 0 bridgehead atoms. The van der Waals surface area contributed by atoms with Gasteiger partial charge in [0.25, 0.3) is 4.83 Å². The highest BCUT2D eigenvalue weighted by atomic mass is 35.5. The van der Waals surface area contributed by atoms with Crippen LogP contribution >= 0.6 is 22.9 Å². The van der Waals surface area contributed by atoms with Crippen molar-refractivity contribution in [2.75, 3.05) is 12.8 Å². The molecule has 0 aliphatic carbocycles. The summed E-state index contributed by atoms with van der Waals surface area (Å²) in [4.78, 5) is 1.16. The van der Waals surface area contributed by atoms with Gasteiger partial charge < -0.3 is 22.9 Å². The molecule has 2 N–H and O–H groups in total. The second-order valence-electron chi connectivity index (χ2n) is 4.84. The van der Waals surface area contributed by atoms with E-state index in [-0.39, 0.29) is 12.4 Å². The van der Waals surface area contributed by atoms with E-state index < -0.39 is 0 Å². The summed E-state index contributed by atoms with van der Waals surface area (Å²) in [7, 11) is 1.68. The molecular formula is C16H12Cl2N2OS. The fraction of sp³-hybridized carbons (Fsp3) is 0.0625. The SMILES string of the molecule is COc1ccc2sc3ccc4c(Cl)c(N)ccc4[n+]3c2c1.[Cl-]. The molecule has 0 aliphatic heterocycles. The Hall–Kier alpha value is -1.75. The molecule has 2 heterocycles. The standard InChI is InChI=1S/C16H12ClN2OS.ClH/c1-20-9-2-6-14-13(8-9)19-12-5-4-11(18)16(17)10(12)3-7-15(19)21-14;/h2-8H,18H2,1H3;1H/q+1;/p-1. The Labute approximate surface area is 142 Å². The lowest BCUT2D eigenvalue weighted by atomic mass is 10.2. The predicted octanol–water partition coefficient (Wildman–Crippen LogP) is 1.04. The summed E-state index contributed by atoms with van der Waals surface area (Å²) in [5.74, 6) is 0.841. The lowest BCUT2D eigenvalue weighted by Crippen LogP contribution is -3.00. The third kappa shape index (κ3) is 2.07. The van der Waals surface area contributed by atoms with Crippen molar-refractivity contribution in [1.29, 1.82) is 0 Å². The molecule has 6 heteroatoms. The van der Waals surface area contributed by atoms with Crippen LogP contribution in [-0.4, -0.2) is 7.11 Å². The number of ether oxygens (including phenoxy) is 1. The number of nitrogens with two attached hydrogens (primary N) is 1. The fourth-order valence-corrected chi connectivity index (χ4v) is 3.89. The first-order valence-electron chi connectivity index (χ1n) is 6.48. The smallest absolute Gasteiger partial charge is 0.268 e. The molecule has 112 valence electrons. The van der Waals surface area contributed by atoms with Crippen LogP contribution in [0.15, 0.2) is 42.5 Å². The van der Waals surface area contributed by atoms with Crippen molar-refractivity contribution >= 4 is 54.6 Å². The summed E-state index contributed by atoms with van der Waals surface area (Å²) >= 11 is 8.08. The van der Waals surface area contributed by atoms with Crippen molar-refractivity contribution in [3.8, 4) is 5.75 Å². The highest BCUT2D eigenvalue weighted by molar-refractivity contribution is 7.23. The average molecular weight is 351 g/mol. The number of benzene rings is 2. The van der Waals surface area contributed by atoms with Gasteiger partial charge in [-0.2, -0.15) is 0 Å². The molecule has 3 nitrogen and oxygen atoms in total. The van der Waals surface area contributed by atoms with Crippen molar-refractivity contribution in [1.82, 2.24) is 0 Å². The summed E-state index contributed by atoms with van der Waals surface area (Å²) in [6.07, 6.45) is 0. The molecule has 0 saturated heterocycles. The highest BCUT2D eigenvalue weighted by Crippen LogP contribution is 2.31. The second kappa shape index (κ2) is 5.47. The zero-order valence-corrected chi connectivity index (χ0v) is 14.0. The third-order valence-electron chi connectivity index (χ3n) is 3.66. The Morgan fingerprint density at radius 2 is 1.91 bits per heavy atom. The first kappa shape index (κ1) is 15.2. The highest BCUT2D eigenvalue weighted by Gasteiger charge is 2.19. The Bertz CT molecular complexity index is 1010. The Kier molecular flexibility index (Phi) is 3.77. The van der Waals surface area contributed by atoms with E-state index in [4.69, 9.17) is 22.1 Å². The first-order chi connectivity index (χ1) is 10.2. The van der Waals surface area contributed by atoms with Crippen LogP contribution in [0, 0.1) is 0 Å². The maximum atomic E-state index is 6.34. The minimum atomic E-state index is 0. The van der Waals surface area contributed by atoms with E-state index in [1.165, 1.54) is 4.70 Å². The lowest BCUT2D eigenvalue weighted by molar-refractivity contribution is -0.446. The number of hydrogen-bond acceptors (Lipinski definition) is 3. The molecule has 2 aromatic carbocycles. The van der Waals surface area contributed by atoms with Gasteiger partial charge in [0, 0.05) is 12.1 Å². The van der Waals surface area contributed by atoms with Gasteiger partial charge in [-0.1, -0.05) is 22.9 Å². The monoisotopic (exact) mass is 350 g/mol. The number of nitrogens with zero attached hydrogens (tertiary/aromatic N) is 1. The van der Waals surface area contributed by atoms with Crippen molar-refractivity contribution in [2.24, 2.45) is 0 Å². The largest absolute Gasteiger partial charge is 1.00 e. The number of pyridine rings is 1. The normalized spacial score (nSPS) is 11.0. The van der Waals surface area contributed by atoms with Gasteiger partial charge in [0.05, 0.1) is 29.3 Å². The van der Waals surface area contributed by atoms with Gasteiger partial charge in [-0.25, -0.2) is 0 Å². The van der Waals surface area contributed by atoms with E-state index in [0.717, 1.165) is 27.0 Å². The van der Waals surface area contributed by atoms with Crippen molar-refractivity contribution in [3.63, 3.8) is 0 Å². The Morgan fingerprint density at radius 1 is 1.09 bits per heavy atom. The van der Waals surface area contributed by atoms with Gasteiger partial charge >= 0.3 is 0 Å². The Morgan fingerprint density at radius 3 is 2.68 bits per heavy atom. The predicted molar refractivity (Wildman–Crippen MR) is 88.5 cm³/mol. The van der Waals surface area contributed by atoms with Gasteiger partial charge in [0.15, 0.2) is 0 Å². The van der Waals surface area contributed by atoms with Crippen LogP contribution in [0.5, 0.6) is 5.75 Å². The number of thiazole rings is 1. The van der Waals surface area contributed by atoms with Crippen molar-refractivity contribution in [3.05, 3.63) is 47.5 Å². The summed E-state index contributed by atoms with van der Waals surface area (Å²) in [5.41, 5.74) is 8.66. The van der Waals surface area contributed by atoms with Gasteiger partial charge in [0.1, 0.15) is 10.4 Å². The lowest BCUT2D eigenvalue weighted by Gasteiger charge is -2.01. The van der Waals surface area contributed by atoms with E-state index >= 15 is 0 Å². The van der Waals surface area contributed by atoms with Gasteiger partial charge in [-0.15, -0.1) is 4.40 Å². The molecule has 0 radical (unpaired) electrons. The zero-order valence-electron chi connectivity index (χ0n) is 11.6. The zero-order chi connectivity index (χ0) is 14.6. The average Bonchev–Trinajstić information content (AvgIpc) is 2.88. The van der Waals surface area contributed by atoms with Crippen molar-refractivity contribution < 1.29 is 21.5 Å². The fourth-order valence-electron chi connectivity index (χ4n) is 2.63. The molecule has 0 atom stereocenters. The first-order valence-corrected chi connectivity index (χ1v) is 7.67. The van der Waals surface area contributed by atoms with Crippen LogP contribution in [-0.2, 0) is 0 Å². The Balaban J connectivity index is 0.00000144. The number of methoxy groups -OCH3 is 1. The van der Waals surface area contributed by atoms with Gasteiger partial charge in [-0.05, 0) is 24.3 Å².